The summed E-state index contributed by atoms with van der Waals surface area (Å²) >= 11 is 0. The van der Waals surface area contributed by atoms with Crippen LogP contribution in [0.2, 0.25) is 0 Å². The first kappa shape index (κ1) is 14.6. The van der Waals surface area contributed by atoms with Gasteiger partial charge in [0.1, 0.15) is 0 Å². The fraction of sp³-hybridized carbons (Fsp3) is 0.667. The minimum Gasteiger partial charge on any atom is -0.314 e. The lowest BCUT2D eigenvalue weighted by molar-refractivity contribution is 0.285. The van der Waals surface area contributed by atoms with Crippen LogP contribution in [-0.4, -0.2) is 12.6 Å². The number of hydrogen-bond donors (Lipinski definition) is 1. The van der Waals surface area contributed by atoms with Gasteiger partial charge in [-0.15, -0.1) is 0 Å². The molecule has 0 radical (unpaired) electrons. The highest BCUT2D eigenvalue weighted by atomic mass is 14.9. The number of piperidine rings is 1. The van der Waals surface area contributed by atoms with Crippen molar-refractivity contribution in [1.29, 1.82) is 0 Å². The molecule has 1 aromatic carbocycles. The van der Waals surface area contributed by atoms with Gasteiger partial charge < -0.3 is 5.32 Å². The van der Waals surface area contributed by atoms with Gasteiger partial charge in [-0.05, 0) is 55.2 Å². The Kier molecular flexibility index (Phi) is 5.45. The highest BCUT2D eigenvalue weighted by molar-refractivity contribution is 5.24. The van der Waals surface area contributed by atoms with Crippen molar-refractivity contribution in [1.82, 2.24) is 5.32 Å². The van der Waals surface area contributed by atoms with Crippen molar-refractivity contribution in [3.63, 3.8) is 0 Å². The molecule has 2 atom stereocenters. The molecule has 1 aliphatic rings. The zero-order valence-corrected chi connectivity index (χ0v) is 12.8. The SMILES string of the molecule is CCC1CCNC(CCc2ccc(C(C)C)cc2)C1. The van der Waals surface area contributed by atoms with Crippen molar-refractivity contribution >= 4 is 0 Å². The van der Waals surface area contributed by atoms with E-state index in [1.807, 2.05) is 0 Å². The number of rotatable bonds is 5. The third-order valence-electron chi connectivity index (χ3n) is 4.61. The molecule has 0 spiro atoms. The first-order valence-electron chi connectivity index (χ1n) is 8.01. The van der Waals surface area contributed by atoms with Gasteiger partial charge in [0.2, 0.25) is 0 Å². The maximum Gasteiger partial charge on any atom is 0.00728 e. The van der Waals surface area contributed by atoms with Crippen molar-refractivity contribution < 1.29 is 0 Å². The first-order chi connectivity index (χ1) is 9.19. The summed E-state index contributed by atoms with van der Waals surface area (Å²) in [5.41, 5.74) is 2.94. The van der Waals surface area contributed by atoms with Crippen LogP contribution in [0.1, 0.15) is 63.5 Å². The van der Waals surface area contributed by atoms with E-state index < -0.39 is 0 Å². The smallest absolute Gasteiger partial charge is 0.00728 e. The van der Waals surface area contributed by atoms with Crippen molar-refractivity contribution in [2.75, 3.05) is 6.54 Å². The van der Waals surface area contributed by atoms with Gasteiger partial charge in [-0.2, -0.15) is 0 Å². The monoisotopic (exact) mass is 259 g/mol. The zero-order chi connectivity index (χ0) is 13.7. The van der Waals surface area contributed by atoms with Gasteiger partial charge in [0.05, 0.1) is 0 Å². The lowest BCUT2D eigenvalue weighted by Crippen LogP contribution is -2.38. The molecule has 1 aliphatic heterocycles. The Labute approximate surface area is 118 Å². The molecule has 0 aliphatic carbocycles. The molecule has 1 saturated heterocycles. The molecule has 1 heteroatoms. The van der Waals surface area contributed by atoms with Crippen LogP contribution in [0.25, 0.3) is 0 Å². The predicted octanol–water partition coefficient (Wildman–Crippen LogP) is 4.52. The van der Waals surface area contributed by atoms with Crippen molar-refractivity contribution in [3.05, 3.63) is 35.4 Å². The van der Waals surface area contributed by atoms with Crippen LogP contribution in [0.15, 0.2) is 24.3 Å². The van der Waals surface area contributed by atoms with Crippen LogP contribution in [0.5, 0.6) is 0 Å². The zero-order valence-electron chi connectivity index (χ0n) is 12.8. The fourth-order valence-corrected chi connectivity index (χ4v) is 3.10. The molecule has 2 rings (SSSR count). The second-order valence-corrected chi connectivity index (χ2v) is 6.38. The summed E-state index contributed by atoms with van der Waals surface area (Å²) in [4.78, 5) is 0. The molecular weight excluding hydrogens is 230 g/mol. The Morgan fingerprint density at radius 3 is 2.58 bits per heavy atom. The van der Waals surface area contributed by atoms with E-state index >= 15 is 0 Å². The molecule has 19 heavy (non-hydrogen) atoms. The summed E-state index contributed by atoms with van der Waals surface area (Å²) in [7, 11) is 0. The number of benzene rings is 1. The molecule has 1 aromatic rings. The first-order valence-corrected chi connectivity index (χ1v) is 8.01. The van der Waals surface area contributed by atoms with Crippen LogP contribution in [0.3, 0.4) is 0 Å². The van der Waals surface area contributed by atoms with E-state index in [9.17, 15) is 0 Å². The molecule has 0 saturated carbocycles. The lowest BCUT2D eigenvalue weighted by Gasteiger charge is -2.29. The number of aryl methyl sites for hydroxylation is 1. The van der Waals surface area contributed by atoms with Gasteiger partial charge in [0, 0.05) is 6.04 Å². The van der Waals surface area contributed by atoms with Gasteiger partial charge in [0.25, 0.3) is 0 Å². The maximum absolute atomic E-state index is 3.68. The standard InChI is InChI=1S/C18H29N/c1-4-15-11-12-19-18(13-15)10-7-16-5-8-17(9-6-16)14(2)3/h5-6,8-9,14-15,18-19H,4,7,10-13H2,1-3H3. The van der Waals surface area contributed by atoms with Gasteiger partial charge in [-0.25, -0.2) is 0 Å². The summed E-state index contributed by atoms with van der Waals surface area (Å²) in [6.07, 6.45) is 6.60. The van der Waals surface area contributed by atoms with E-state index in [1.165, 1.54) is 49.8 Å². The number of hydrogen-bond acceptors (Lipinski definition) is 1. The van der Waals surface area contributed by atoms with E-state index in [2.05, 4.69) is 50.4 Å². The normalized spacial score (nSPS) is 23.8. The van der Waals surface area contributed by atoms with E-state index in [4.69, 9.17) is 0 Å². The summed E-state index contributed by atoms with van der Waals surface area (Å²) in [5, 5.41) is 3.68. The average Bonchev–Trinajstić information content (AvgIpc) is 2.46. The van der Waals surface area contributed by atoms with Crippen molar-refractivity contribution in [2.24, 2.45) is 5.92 Å². The van der Waals surface area contributed by atoms with E-state index in [0.717, 1.165) is 12.0 Å². The molecule has 1 fully saturated rings. The predicted molar refractivity (Wildman–Crippen MR) is 83.7 cm³/mol. The minimum atomic E-state index is 0.638. The fourth-order valence-electron chi connectivity index (χ4n) is 3.10. The Hall–Kier alpha value is -0.820. The van der Waals surface area contributed by atoms with E-state index in [1.54, 1.807) is 0 Å². The van der Waals surface area contributed by atoms with Gasteiger partial charge in [-0.3, -0.25) is 0 Å². The molecule has 1 nitrogen and oxygen atoms in total. The molecule has 1 N–H and O–H groups in total. The van der Waals surface area contributed by atoms with E-state index in [0.29, 0.717) is 5.92 Å². The summed E-state index contributed by atoms with van der Waals surface area (Å²) in [6.45, 7) is 8.06. The van der Waals surface area contributed by atoms with Crippen molar-refractivity contribution in [3.8, 4) is 0 Å². The Morgan fingerprint density at radius 1 is 1.21 bits per heavy atom. The molecule has 0 aromatic heterocycles. The Bertz CT molecular complexity index is 366. The van der Waals surface area contributed by atoms with Crippen molar-refractivity contribution in [2.45, 2.75) is 64.8 Å². The van der Waals surface area contributed by atoms with E-state index in [-0.39, 0.29) is 0 Å². The van der Waals surface area contributed by atoms with Gasteiger partial charge >= 0.3 is 0 Å². The second kappa shape index (κ2) is 7.09. The maximum atomic E-state index is 3.68. The van der Waals surface area contributed by atoms with Crippen LogP contribution in [0, 0.1) is 5.92 Å². The largest absolute Gasteiger partial charge is 0.314 e. The minimum absolute atomic E-state index is 0.638. The second-order valence-electron chi connectivity index (χ2n) is 6.38. The van der Waals surface area contributed by atoms with Gasteiger partial charge in [0.15, 0.2) is 0 Å². The number of nitrogens with one attached hydrogen (secondary N) is 1. The summed E-state index contributed by atoms with van der Waals surface area (Å²) in [6, 6.07) is 9.96. The third kappa shape index (κ3) is 4.35. The van der Waals surface area contributed by atoms with Crippen LogP contribution in [0.4, 0.5) is 0 Å². The third-order valence-corrected chi connectivity index (χ3v) is 4.61. The Balaban J connectivity index is 1.81. The molecule has 2 unspecified atom stereocenters. The summed E-state index contributed by atoms with van der Waals surface area (Å²) in [5.74, 6) is 1.59. The van der Waals surface area contributed by atoms with Gasteiger partial charge in [-0.1, -0.05) is 51.5 Å². The quantitative estimate of drug-likeness (QED) is 0.819. The molecule has 1 heterocycles. The molecule has 0 amide bonds. The highest BCUT2D eigenvalue weighted by Gasteiger charge is 2.19. The topological polar surface area (TPSA) is 12.0 Å². The van der Waals surface area contributed by atoms with Crippen LogP contribution >= 0.6 is 0 Å². The highest BCUT2D eigenvalue weighted by Crippen LogP contribution is 2.22. The van der Waals surface area contributed by atoms with Crippen LogP contribution < -0.4 is 5.32 Å². The summed E-state index contributed by atoms with van der Waals surface area (Å²) < 4.78 is 0. The average molecular weight is 259 g/mol. The van der Waals surface area contributed by atoms with Crippen LogP contribution in [-0.2, 0) is 6.42 Å². The Morgan fingerprint density at radius 2 is 1.95 bits per heavy atom. The lowest BCUT2D eigenvalue weighted by atomic mass is 9.88. The molecular formula is C18H29N. The molecule has 0 bridgehead atoms. The molecule has 106 valence electrons.